The van der Waals surface area contributed by atoms with Crippen LogP contribution < -0.4 is 0 Å². The Morgan fingerprint density at radius 2 is 1.56 bits per heavy atom. The van der Waals surface area contributed by atoms with Gasteiger partial charge in [-0.1, -0.05) is 52.7 Å². The molecule has 0 aliphatic rings. The van der Waals surface area contributed by atoms with E-state index in [1.807, 2.05) is 0 Å². The smallest absolute Gasteiger partial charge is 0.0305 e. The molecular weight excluding hydrogens is 192 g/mol. The molecule has 0 saturated heterocycles. The molecule has 0 N–H and O–H groups in total. The van der Waals surface area contributed by atoms with Gasteiger partial charge in [0.15, 0.2) is 0 Å². The third-order valence-corrected chi connectivity index (χ3v) is 3.26. The number of hydrogen-bond donors (Lipinski definition) is 0. The molecule has 16 heavy (non-hydrogen) atoms. The summed E-state index contributed by atoms with van der Waals surface area (Å²) < 4.78 is 0. The Morgan fingerprint density at radius 1 is 0.875 bits per heavy atom. The summed E-state index contributed by atoms with van der Waals surface area (Å²) in [5.74, 6) is 0. The summed E-state index contributed by atoms with van der Waals surface area (Å²) in [6, 6.07) is 0. The Kier molecular flexibility index (Phi) is 9.37. The van der Waals surface area contributed by atoms with Crippen molar-refractivity contribution < 1.29 is 0 Å². The first kappa shape index (κ1) is 15.5. The third kappa shape index (κ3) is 5.01. The first-order valence-electron chi connectivity index (χ1n) is 7.15. The topological polar surface area (TPSA) is 0 Å². The van der Waals surface area contributed by atoms with Crippen molar-refractivity contribution in [2.75, 3.05) is 0 Å². The largest absolute Gasteiger partial charge is 0.0813 e. The predicted octanol–water partition coefficient (Wildman–Crippen LogP) is 6.04. The van der Waals surface area contributed by atoms with Crippen LogP contribution in [0.25, 0.3) is 0 Å². The van der Waals surface area contributed by atoms with E-state index >= 15 is 0 Å². The molecule has 0 amide bonds. The van der Waals surface area contributed by atoms with Crippen LogP contribution in [0, 0.1) is 0 Å². The fourth-order valence-corrected chi connectivity index (χ4v) is 2.36. The number of unbranched alkanes of at least 4 members (excludes halogenated alkanes) is 1. The zero-order chi connectivity index (χ0) is 12.4. The Hall–Kier alpha value is -0.520. The fraction of sp³-hybridized carbons (Fsp3) is 0.750. The van der Waals surface area contributed by atoms with E-state index in [-0.39, 0.29) is 0 Å². The number of allylic oxidation sites excluding steroid dienone is 4. The van der Waals surface area contributed by atoms with Gasteiger partial charge in [0.05, 0.1) is 0 Å². The van der Waals surface area contributed by atoms with E-state index in [1.165, 1.54) is 38.5 Å². The van der Waals surface area contributed by atoms with Crippen LogP contribution in [0.15, 0.2) is 22.8 Å². The first-order chi connectivity index (χ1) is 7.74. The van der Waals surface area contributed by atoms with Crippen LogP contribution in [0.5, 0.6) is 0 Å². The summed E-state index contributed by atoms with van der Waals surface area (Å²) in [5.41, 5.74) is 4.95. The summed E-state index contributed by atoms with van der Waals surface area (Å²) in [7, 11) is 0. The van der Waals surface area contributed by atoms with Gasteiger partial charge in [0.2, 0.25) is 0 Å². The Bertz CT molecular complexity index is 230. The van der Waals surface area contributed by atoms with Gasteiger partial charge in [-0.2, -0.15) is 0 Å². The van der Waals surface area contributed by atoms with Crippen molar-refractivity contribution in [3.8, 4) is 0 Å². The quantitative estimate of drug-likeness (QED) is 0.439. The molecule has 0 radical (unpaired) electrons. The highest BCUT2D eigenvalue weighted by Crippen LogP contribution is 2.27. The molecule has 0 saturated carbocycles. The zero-order valence-corrected chi connectivity index (χ0v) is 12.0. The van der Waals surface area contributed by atoms with E-state index < -0.39 is 0 Å². The van der Waals surface area contributed by atoms with Crippen molar-refractivity contribution in [2.45, 2.75) is 79.6 Å². The summed E-state index contributed by atoms with van der Waals surface area (Å²) in [4.78, 5) is 0. The van der Waals surface area contributed by atoms with Gasteiger partial charge < -0.3 is 0 Å². The molecule has 0 unspecified atom stereocenters. The highest BCUT2D eigenvalue weighted by molar-refractivity contribution is 5.35. The normalized spacial score (nSPS) is 13.9. The minimum atomic E-state index is 1.16. The van der Waals surface area contributed by atoms with Crippen LogP contribution in [0.4, 0.5) is 0 Å². The third-order valence-electron chi connectivity index (χ3n) is 3.26. The van der Waals surface area contributed by atoms with E-state index in [4.69, 9.17) is 0 Å². The van der Waals surface area contributed by atoms with Gasteiger partial charge in [0.25, 0.3) is 0 Å². The molecule has 0 rings (SSSR count). The minimum absolute atomic E-state index is 1.16. The second-order valence-corrected chi connectivity index (χ2v) is 4.38. The minimum Gasteiger partial charge on any atom is -0.0813 e. The standard InChI is InChI=1S/C16H30/c1-6-11-13-15(9-4)16(10-5)14(8-3)12-7-2/h12H,6-11,13H2,1-5H3/b14-12+,16-15+. The molecule has 0 bridgehead atoms. The van der Waals surface area contributed by atoms with E-state index in [0.717, 1.165) is 6.42 Å². The van der Waals surface area contributed by atoms with E-state index in [9.17, 15) is 0 Å². The molecule has 0 fully saturated rings. The summed E-state index contributed by atoms with van der Waals surface area (Å²) >= 11 is 0. The van der Waals surface area contributed by atoms with E-state index in [0.29, 0.717) is 0 Å². The second-order valence-electron chi connectivity index (χ2n) is 4.38. The Labute approximate surface area is 103 Å². The lowest BCUT2D eigenvalue weighted by Gasteiger charge is -2.15. The maximum atomic E-state index is 2.42. The molecule has 0 nitrogen and oxygen atoms in total. The first-order valence-corrected chi connectivity index (χ1v) is 7.15. The van der Waals surface area contributed by atoms with Crippen LogP contribution in [0.2, 0.25) is 0 Å². The molecule has 94 valence electrons. The maximum Gasteiger partial charge on any atom is -0.0305 e. The maximum absolute atomic E-state index is 2.42. The lowest BCUT2D eigenvalue weighted by molar-refractivity contribution is 0.751. The number of rotatable bonds is 8. The molecule has 0 aliphatic carbocycles. The Balaban J connectivity index is 4.98. The van der Waals surface area contributed by atoms with Gasteiger partial charge in [0.1, 0.15) is 0 Å². The average Bonchev–Trinajstić information content (AvgIpc) is 2.32. The summed E-state index contributed by atoms with van der Waals surface area (Å²) in [6.45, 7) is 11.4. The number of hydrogen-bond acceptors (Lipinski definition) is 0. The van der Waals surface area contributed by atoms with E-state index in [1.54, 1.807) is 16.7 Å². The van der Waals surface area contributed by atoms with Crippen molar-refractivity contribution >= 4 is 0 Å². The van der Waals surface area contributed by atoms with Crippen molar-refractivity contribution in [2.24, 2.45) is 0 Å². The van der Waals surface area contributed by atoms with Gasteiger partial charge in [0, 0.05) is 0 Å². The van der Waals surface area contributed by atoms with Gasteiger partial charge in [-0.3, -0.25) is 0 Å². The van der Waals surface area contributed by atoms with Gasteiger partial charge in [-0.05, 0) is 49.7 Å². The van der Waals surface area contributed by atoms with Crippen molar-refractivity contribution in [3.05, 3.63) is 22.8 Å². The average molecular weight is 222 g/mol. The fourth-order valence-electron chi connectivity index (χ4n) is 2.36. The van der Waals surface area contributed by atoms with Crippen molar-refractivity contribution in [3.63, 3.8) is 0 Å². The van der Waals surface area contributed by atoms with Gasteiger partial charge in [-0.25, -0.2) is 0 Å². The SMILES string of the molecule is CC/C=C(CC)/C(CC)=C(\CC)CCCC. The molecule has 0 aliphatic heterocycles. The summed E-state index contributed by atoms with van der Waals surface area (Å²) in [6.07, 6.45) is 11.1. The molecule has 0 aromatic rings. The molecule has 0 heterocycles. The molecular formula is C16H30. The van der Waals surface area contributed by atoms with Crippen LogP contribution in [0.3, 0.4) is 0 Å². The second kappa shape index (κ2) is 9.69. The van der Waals surface area contributed by atoms with Crippen molar-refractivity contribution in [1.82, 2.24) is 0 Å². The molecule has 0 atom stereocenters. The van der Waals surface area contributed by atoms with Gasteiger partial charge >= 0.3 is 0 Å². The lowest BCUT2D eigenvalue weighted by atomic mass is 9.91. The van der Waals surface area contributed by atoms with Crippen LogP contribution >= 0.6 is 0 Å². The van der Waals surface area contributed by atoms with Crippen molar-refractivity contribution in [1.29, 1.82) is 0 Å². The molecule has 0 spiro atoms. The predicted molar refractivity (Wildman–Crippen MR) is 75.8 cm³/mol. The van der Waals surface area contributed by atoms with Crippen LogP contribution in [-0.2, 0) is 0 Å². The summed E-state index contributed by atoms with van der Waals surface area (Å²) in [5, 5.41) is 0. The molecule has 0 aromatic carbocycles. The highest BCUT2D eigenvalue weighted by Gasteiger charge is 2.07. The Morgan fingerprint density at radius 3 is 1.94 bits per heavy atom. The van der Waals surface area contributed by atoms with E-state index in [2.05, 4.69) is 40.7 Å². The zero-order valence-electron chi connectivity index (χ0n) is 12.0. The molecule has 0 aromatic heterocycles. The van der Waals surface area contributed by atoms with Crippen LogP contribution in [-0.4, -0.2) is 0 Å². The van der Waals surface area contributed by atoms with Crippen LogP contribution in [0.1, 0.15) is 79.6 Å². The lowest BCUT2D eigenvalue weighted by Crippen LogP contribution is -1.95. The highest BCUT2D eigenvalue weighted by atomic mass is 14.1. The monoisotopic (exact) mass is 222 g/mol. The van der Waals surface area contributed by atoms with Gasteiger partial charge in [-0.15, -0.1) is 0 Å². The molecule has 0 heteroatoms.